The van der Waals surface area contributed by atoms with Crippen LogP contribution in [0.25, 0.3) is 0 Å². The van der Waals surface area contributed by atoms with Crippen LogP contribution in [0.1, 0.15) is 113 Å². The highest BCUT2D eigenvalue weighted by Gasteiger charge is 2.86. The lowest BCUT2D eigenvalue weighted by Gasteiger charge is -2.65. The van der Waals surface area contributed by atoms with Crippen LogP contribution in [-0.4, -0.2) is 149 Å². The van der Waals surface area contributed by atoms with Crippen LogP contribution in [0, 0.1) is 50.7 Å². The van der Waals surface area contributed by atoms with Crippen LogP contribution >= 0.6 is 0 Å². The molecular weight excluding hydrogens is 728 g/mol. The molecule has 10 N–H and O–H groups in total. The molecule has 324 valence electrons. The molecule has 2 saturated heterocycles. The van der Waals surface area contributed by atoms with Crippen molar-refractivity contribution in [3.63, 3.8) is 0 Å². The summed E-state index contributed by atoms with van der Waals surface area (Å²) < 4.78 is 23.8. The Balaban J connectivity index is 1.03. The van der Waals surface area contributed by atoms with Gasteiger partial charge in [-0.05, 0) is 117 Å². The topological polar surface area (TPSA) is 239 Å². The standard InChI is InChI=1S/C42H72O14/c1-19(9-10-25(45)38(5,6)56-36-33(52)31(50)29(48)23(17-43)54-36)21-11-12-40(8)34-22(44)15-24-37(3,4)27(55-35-32(51)30(49)28(47)20(2)53-35)16-26(46)42(24)18-41(34,42)14-13-39(21,40)7/h19-36,43-52H,9-18H2,1-8H3/t19-,20+,21?,22+,23-,24?,25+,26+,27+,28+,29-,30-,31+,32-,33-,34+,35+,36+,39-,40+,41+,42-/m1/s1. The van der Waals surface area contributed by atoms with Crippen molar-refractivity contribution in [3.05, 3.63) is 0 Å². The van der Waals surface area contributed by atoms with Crippen molar-refractivity contribution in [2.24, 2.45) is 50.7 Å². The predicted octanol–water partition coefficient (Wildman–Crippen LogP) is 0.952. The van der Waals surface area contributed by atoms with Crippen molar-refractivity contribution >= 4 is 0 Å². The second-order valence-corrected chi connectivity index (χ2v) is 21.1. The maximum absolute atomic E-state index is 12.4. The Hall–Kier alpha value is -0.560. The summed E-state index contributed by atoms with van der Waals surface area (Å²) in [5.74, 6) is 0.562. The number of fused-ring (bicyclic) bond motifs is 2. The lowest BCUT2D eigenvalue weighted by molar-refractivity contribution is -0.331. The minimum Gasteiger partial charge on any atom is -0.394 e. The maximum Gasteiger partial charge on any atom is 0.187 e. The number of aliphatic hydroxyl groups is 10. The Morgan fingerprint density at radius 1 is 0.768 bits per heavy atom. The Labute approximate surface area is 331 Å². The molecule has 0 aromatic heterocycles. The van der Waals surface area contributed by atoms with Gasteiger partial charge in [-0.15, -0.1) is 0 Å². The lowest BCUT2D eigenvalue weighted by Crippen LogP contribution is -2.65. The van der Waals surface area contributed by atoms with E-state index >= 15 is 0 Å². The fraction of sp³-hybridized carbons (Fsp3) is 1.00. The van der Waals surface area contributed by atoms with Gasteiger partial charge in [0, 0.05) is 11.8 Å². The van der Waals surface area contributed by atoms with E-state index in [0.29, 0.717) is 31.6 Å². The molecule has 7 rings (SSSR count). The van der Waals surface area contributed by atoms with Gasteiger partial charge in [-0.2, -0.15) is 0 Å². The Kier molecular flexibility index (Phi) is 11.3. The lowest BCUT2D eigenvalue weighted by atomic mass is 9.40. The van der Waals surface area contributed by atoms with Crippen LogP contribution in [0.15, 0.2) is 0 Å². The third-order valence-corrected chi connectivity index (χ3v) is 17.9. The fourth-order valence-corrected chi connectivity index (χ4v) is 14.3. The van der Waals surface area contributed by atoms with E-state index in [1.165, 1.54) is 0 Å². The molecule has 0 radical (unpaired) electrons. The van der Waals surface area contributed by atoms with Gasteiger partial charge in [0.25, 0.3) is 0 Å². The quantitative estimate of drug-likeness (QED) is 0.139. The van der Waals surface area contributed by atoms with E-state index in [2.05, 4.69) is 34.6 Å². The first-order valence-corrected chi connectivity index (χ1v) is 21.3. The number of hydrogen-bond donors (Lipinski definition) is 10. The highest BCUT2D eigenvalue weighted by atomic mass is 16.7. The second kappa shape index (κ2) is 14.5. The molecule has 56 heavy (non-hydrogen) atoms. The Bertz CT molecular complexity index is 1430. The molecule has 5 aliphatic carbocycles. The molecule has 5 saturated carbocycles. The van der Waals surface area contributed by atoms with Gasteiger partial charge in [-0.1, -0.05) is 34.6 Å². The maximum atomic E-state index is 12.4. The van der Waals surface area contributed by atoms with Crippen molar-refractivity contribution in [1.82, 2.24) is 0 Å². The summed E-state index contributed by atoms with van der Waals surface area (Å²) in [6.07, 6.45) is -9.05. The molecule has 0 aromatic carbocycles. The van der Waals surface area contributed by atoms with Crippen molar-refractivity contribution in [2.75, 3.05) is 6.61 Å². The predicted molar refractivity (Wildman–Crippen MR) is 200 cm³/mol. The van der Waals surface area contributed by atoms with E-state index in [-0.39, 0.29) is 39.4 Å². The summed E-state index contributed by atoms with van der Waals surface area (Å²) in [4.78, 5) is 0. The van der Waals surface area contributed by atoms with E-state index in [0.717, 1.165) is 32.1 Å². The molecule has 0 aromatic rings. The van der Waals surface area contributed by atoms with Crippen LogP contribution < -0.4 is 0 Å². The van der Waals surface area contributed by atoms with E-state index in [9.17, 15) is 51.1 Å². The monoisotopic (exact) mass is 800 g/mol. The summed E-state index contributed by atoms with van der Waals surface area (Å²) in [6, 6.07) is 0. The van der Waals surface area contributed by atoms with Crippen molar-refractivity contribution in [2.45, 2.75) is 205 Å². The summed E-state index contributed by atoms with van der Waals surface area (Å²) >= 11 is 0. The molecule has 7 aliphatic rings. The SMILES string of the molecule is C[C@H](CC[C@H](O)C(C)(C)O[C@@H]1O[C@H](CO)[C@@H](O)[C@H](O)[C@H]1O)C1CC[C@@]2(C)[C@@H]3[C@@H](O)CC4C(C)(C)[C@@H](O[C@@H]5O[C@@H](C)[C@H](O)[C@@H](O)[C@H]5O)C[C@H](O)[C@@]45C[C@@]35CC[C@]12C. The molecule has 7 fully saturated rings. The average molecular weight is 801 g/mol. The van der Waals surface area contributed by atoms with Crippen LogP contribution in [0.3, 0.4) is 0 Å². The molecule has 14 nitrogen and oxygen atoms in total. The van der Waals surface area contributed by atoms with Gasteiger partial charge in [0.2, 0.25) is 0 Å². The summed E-state index contributed by atoms with van der Waals surface area (Å²) in [7, 11) is 0. The first-order chi connectivity index (χ1) is 25.9. The Morgan fingerprint density at radius 3 is 2.07 bits per heavy atom. The zero-order valence-corrected chi connectivity index (χ0v) is 34.6. The zero-order chi connectivity index (χ0) is 41.3. The largest absolute Gasteiger partial charge is 0.394 e. The molecule has 2 spiro atoms. The second-order valence-electron chi connectivity index (χ2n) is 21.1. The van der Waals surface area contributed by atoms with E-state index in [1.54, 1.807) is 20.8 Å². The summed E-state index contributed by atoms with van der Waals surface area (Å²) in [5.41, 5.74) is -2.48. The van der Waals surface area contributed by atoms with E-state index < -0.39 is 103 Å². The fourth-order valence-electron chi connectivity index (χ4n) is 14.3. The van der Waals surface area contributed by atoms with Gasteiger partial charge in [-0.3, -0.25) is 0 Å². The molecule has 0 amide bonds. The number of aliphatic hydroxyl groups excluding tert-OH is 10. The number of hydrogen-bond acceptors (Lipinski definition) is 14. The molecule has 2 unspecified atom stereocenters. The third kappa shape index (κ3) is 6.16. The molecule has 14 heteroatoms. The molecule has 2 heterocycles. The smallest absolute Gasteiger partial charge is 0.187 e. The van der Waals surface area contributed by atoms with Gasteiger partial charge in [0.1, 0.15) is 42.7 Å². The molecule has 2 aliphatic heterocycles. The molecule has 0 bridgehead atoms. The van der Waals surface area contributed by atoms with Crippen LogP contribution in [0.4, 0.5) is 0 Å². The minimum atomic E-state index is -1.57. The summed E-state index contributed by atoms with van der Waals surface area (Å²) in [5, 5.41) is 108. The normalized spacial score (nSPS) is 55.0. The van der Waals surface area contributed by atoms with Gasteiger partial charge in [-0.25, -0.2) is 0 Å². The molecule has 22 atom stereocenters. The number of rotatable bonds is 10. The van der Waals surface area contributed by atoms with E-state index in [4.69, 9.17) is 18.9 Å². The van der Waals surface area contributed by atoms with Crippen molar-refractivity contribution in [3.8, 4) is 0 Å². The first-order valence-electron chi connectivity index (χ1n) is 21.3. The zero-order valence-electron chi connectivity index (χ0n) is 34.6. The minimum absolute atomic E-state index is 0.0163. The average Bonchev–Trinajstić information content (AvgIpc) is 3.73. The van der Waals surface area contributed by atoms with Gasteiger partial charge >= 0.3 is 0 Å². The first kappa shape index (κ1) is 43.5. The summed E-state index contributed by atoms with van der Waals surface area (Å²) in [6.45, 7) is 15.7. The van der Waals surface area contributed by atoms with Crippen molar-refractivity contribution < 1.29 is 70.0 Å². The third-order valence-electron chi connectivity index (χ3n) is 17.9. The van der Waals surface area contributed by atoms with Gasteiger partial charge in [0.15, 0.2) is 12.6 Å². The highest BCUT2D eigenvalue weighted by Crippen LogP contribution is 2.89. The van der Waals surface area contributed by atoms with Gasteiger partial charge < -0.3 is 70.0 Å². The van der Waals surface area contributed by atoms with E-state index in [1.807, 2.05) is 0 Å². The highest BCUT2D eigenvalue weighted by molar-refractivity contribution is 5.34. The van der Waals surface area contributed by atoms with Crippen LogP contribution in [0.5, 0.6) is 0 Å². The molecular formula is C42H72O14. The number of ether oxygens (including phenoxy) is 4. The Morgan fingerprint density at radius 2 is 1.41 bits per heavy atom. The van der Waals surface area contributed by atoms with Crippen LogP contribution in [0.2, 0.25) is 0 Å². The van der Waals surface area contributed by atoms with Crippen molar-refractivity contribution in [1.29, 1.82) is 0 Å². The van der Waals surface area contributed by atoms with Crippen LogP contribution in [-0.2, 0) is 18.9 Å². The van der Waals surface area contributed by atoms with Gasteiger partial charge in [0.05, 0.1) is 42.7 Å².